The Bertz CT molecular complexity index is 262. The first-order chi connectivity index (χ1) is 7.81. The fraction of sp³-hybridized carbons (Fsp3) is 0.909. The van der Waals surface area contributed by atoms with Crippen LogP contribution < -0.4 is 11.1 Å². The summed E-state index contributed by atoms with van der Waals surface area (Å²) in [7, 11) is 0. The minimum Gasteiger partial charge on any atom is -0.318 e. The van der Waals surface area contributed by atoms with Gasteiger partial charge in [-0.3, -0.25) is 4.90 Å². The van der Waals surface area contributed by atoms with E-state index in [1.165, 1.54) is 6.42 Å². The lowest BCUT2D eigenvalue weighted by Gasteiger charge is -2.16. The van der Waals surface area contributed by atoms with Gasteiger partial charge in [0, 0.05) is 32.3 Å². The third-order valence-electron chi connectivity index (χ3n) is 3.65. The van der Waals surface area contributed by atoms with Crippen molar-refractivity contribution in [3.8, 4) is 6.19 Å². The second-order valence-corrected chi connectivity index (χ2v) is 4.85. The number of hydrogen-bond donors (Lipinski definition) is 2. The van der Waals surface area contributed by atoms with E-state index in [9.17, 15) is 0 Å². The summed E-state index contributed by atoms with van der Waals surface area (Å²) in [5.41, 5.74) is 5.61. The minimum absolute atomic E-state index is 0.506. The van der Waals surface area contributed by atoms with E-state index in [-0.39, 0.29) is 0 Å². The molecule has 0 radical (unpaired) electrons. The lowest BCUT2D eigenvalue weighted by atomic mass is 10.1. The molecule has 0 unspecified atom stereocenters. The van der Waals surface area contributed by atoms with Crippen molar-refractivity contribution in [1.82, 2.24) is 15.1 Å². The highest BCUT2D eigenvalue weighted by Gasteiger charge is 2.25. The molecule has 0 saturated carbocycles. The topological polar surface area (TPSA) is 68.3 Å². The van der Waals surface area contributed by atoms with Crippen LogP contribution in [0.1, 0.15) is 12.8 Å². The molecule has 2 fully saturated rings. The van der Waals surface area contributed by atoms with Gasteiger partial charge in [-0.15, -0.1) is 0 Å². The Morgan fingerprint density at radius 1 is 1.31 bits per heavy atom. The predicted octanol–water partition coefficient (Wildman–Crippen LogP) is -0.631. The maximum absolute atomic E-state index is 8.76. The molecule has 2 aliphatic rings. The quantitative estimate of drug-likeness (QED) is 0.621. The summed E-state index contributed by atoms with van der Waals surface area (Å²) in [6.07, 6.45) is 4.55. The van der Waals surface area contributed by atoms with Crippen molar-refractivity contribution in [2.24, 2.45) is 11.7 Å². The molecule has 0 bridgehead atoms. The van der Waals surface area contributed by atoms with E-state index in [4.69, 9.17) is 11.0 Å². The van der Waals surface area contributed by atoms with Gasteiger partial charge in [0.05, 0.1) is 0 Å². The highest BCUT2D eigenvalue weighted by Crippen LogP contribution is 2.15. The van der Waals surface area contributed by atoms with Crippen molar-refractivity contribution >= 4 is 0 Å². The van der Waals surface area contributed by atoms with Crippen molar-refractivity contribution in [3.05, 3.63) is 0 Å². The molecule has 0 aromatic carbocycles. The van der Waals surface area contributed by atoms with E-state index in [1.54, 1.807) is 0 Å². The molecule has 3 N–H and O–H groups in total. The molecule has 5 nitrogen and oxygen atoms in total. The Balaban J connectivity index is 1.64. The van der Waals surface area contributed by atoms with Crippen LogP contribution in [0.3, 0.4) is 0 Å². The van der Waals surface area contributed by atoms with Crippen LogP contribution in [0.2, 0.25) is 0 Å². The van der Waals surface area contributed by atoms with Gasteiger partial charge in [0.1, 0.15) is 0 Å². The summed E-state index contributed by atoms with van der Waals surface area (Å²) in [6, 6.07) is 0.506. The summed E-state index contributed by atoms with van der Waals surface area (Å²) in [6.45, 7) is 5.80. The van der Waals surface area contributed by atoms with Crippen molar-refractivity contribution < 1.29 is 0 Å². The fourth-order valence-electron chi connectivity index (χ4n) is 2.60. The van der Waals surface area contributed by atoms with Crippen molar-refractivity contribution in [1.29, 1.82) is 5.26 Å². The molecule has 0 aliphatic carbocycles. The van der Waals surface area contributed by atoms with E-state index in [2.05, 4.69) is 16.4 Å². The van der Waals surface area contributed by atoms with E-state index in [0.29, 0.717) is 12.7 Å². The van der Waals surface area contributed by atoms with Crippen molar-refractivity contribution in [2.75, 3.05) is 39.4 Å². The SMILES string of the molecule is N#CN1CC[C@H](NC[C@@H]2CCN(CN)C2)C1. The van der Waals surface area contributed by atoms with E-state index < -0.39 is 0 Å². The standard InChI is InChI=1S/C11H21N5/c12-8-15-3-1-10(6-15)5-14-11-2-4-16(7-11)9-13/h10-11,14H,1-8,12H2/t10-,11-/m0/s1. The van der Waals surface area contributed by atoms with Crippen LogP contribution in [-0.4, -0.2) is 55.2 Å². The van der Waals surface area contributed by atoms with Crippen LogP contribution in [-0.2, 0) is 0 Å². The highest BCUT2D eigenvalue weighted by atomic mass is 15.2. The number of nitrogens with zero attached hydrogens (tertiary/aromatic N) is 3. The highest BCUT2D eigenvalue weighted by molar-refractivity contribution is 4.88. The third-order valence-corrected chi connectivity index (χ3v) is 3.65. The molecule has 0 spiro atoms. The van der Waals surface area contributed by atoms with E-state index in [0.717, 1.165) is 45.1 Å². The van der Waals surface area contributed by atoms with Crippen LogP contribution in [0.4, 0.5) is 0 Å². The molecular formula is C11H21N5. The van der Waals surface area contributed by atoms with Crippen LogP contribution >= 0.6 is 0 Å². The summed E-state index contributed by atoms with van der Waals surface area (Å²) in [5.74, 6) is 0.736. The van der Waals surface area contributed by atoms with Gasteiger partial charge in [0.25, 0.3) is 0 Å². The lowest BCUT2D eigenvalue weighted by molar-refractivity contribution is 0.327. The van der Waals surface area contributed by atoms with E-state index in [1.807, 2.05) is 4.90 Å². The Morgan fingerprint density at radius 2 is 2.19 bits per heavy atom. The van der Waals surface area contributed by atoms with Gasteiger partial charge in [0.15, 0.2) is 6.19 Å². The van der Waals surface area contributed by atoms with Crippen LogP contribution in [0.25, 0.3) is 0 Å². The zero-order valence-electron chi connectivity index (χ0n) is 9.73. The van der Waals surface area contributed by atoms with Gasteiger partial charge >= 0.3 is 0 Å². The predicted molar refractivity (Wildman–Crippen MR) is 62.3 cm³/mol. The van der Waals surface area contributed by atoms with Gasteiger partial charge in [-0.2, -0.15) is 5.26 Å². The van der Waals surface area contributed by atoms with Gasteiger partial charge in [-0.25, -0.2) is 0 Å². The average molecular weight is 223 g/mol. The monoisotopic (exact) mass is 223 g/mol. The first-order valence-corrected chi connectivity index (χ1v) is 6.12. The third kappa shape index (κ3) is 2.85. The Labute approximate surface area is 97.2 Å². The Kier molecular flexibility index (Phi) is 3.99. The fourth-order valence-corrected chi connectivity index (χ4v) is 2.60. The molecule has 2 heterocycles. The van der Waals surface area contributed by atoms with Crippen LogP contribution in [0.15, 0.2) is 0 Å². The van der Waals surface area contributed by atoms with Crippen molar-refractivity contribution in [2.45, 2.75) is 18.9 Å². The van der Waals surface area contributed by atoms with Crippen LogP contribution in [0, 0.1) is 17.4 Å². The summed E-state index contributed by atoms with van der Waals surface area (Å²) in [4.78, 5) is 4.13. The molecule has 0 aromatic heterocycles. The second kappa shape index (κ2) is 5.48. The summed E-state index contributed by atoms with van der Waals surface area (Å²) >= 11 is 0. The largest absolute Gasteiger partial charge is 0.318 e. The van der Waals surface area contributed by atoms with Crippen LogP contribution in [0.5, 0.6) is 0 Å². The summed E-state index contributed by atoms with van der Waals surface area (Å²) in [5, 5.41) is 12.3. The first-order valence-electron chi connectivity index (χ1n) is 6.12. The molecular weight excluding hydrogens is 202 g/mol. The maximum atomic E-state index is 8.76. The molecule has 2 atom stereocenters. The smallest absolute Gasteiger partial charge is 0.179 e. The lowest BCUT2D eigenvalue weighted by Crippen LogP contribution is -2.36. The van der Waals surface area contributed by atoms with Crippen molar-refractivity contribution in [3.63, 3.8) is 0 Å². The first kappa shape index (κ1) is 11.6. The van der Waals surface area contributed by atoms with Gasteiger partial charge in [-0.05, 0) is 31.8 Å². The maximum Gasteiger partial charge on any atom is 0.179 e. The minimum atomic E-state index is 0.506. The molecule has 0 aromatic rings. The molecule has 5 heteroatoms. The number of hydrogen-bond acceptors (Lipinski definition) is 5. The molecule has 16 heavy (non-hydrogen) atoms. The van der Waals surface area contributed by atoms with E-state index >= 15 is 0 Å². The second-order valence-electron chi connectivity index (χ2n) is 4.85. The normalized spacial score (nSPS) is 30.9. The average Bonchev–Trinajstić information content (AvgIpc) is 2.95. The summed E-state index contributed by atoms with van der Waals surface area (Å²) < 4.78 is 0. The molecule has 2 rings (SSSR count). The zero-order valence-corrected chi connectivity index (χ0v) is 9.73. The number of likely N-dealkylation sites (tertiary alicyclic amines) is 2. The molecule has 2 aliphatic heterocycles. The Morgan fingerprint density at radius 3 is 2.81 bits per heavy atom. The number of nitriles is 1. The number of nitrogens with two attached hydrogens (primary N) is 1. The van der Waals surface area contributed by atoms with Gasteiger partial charge < -0.3 is 16.0 Å². The Hall–Kier alpha value is -0.830. The molecule has 2 saturated heterocycles. The number of rotatable bonds is 4. The molecule has 0 amide bonds. The van der Waals surface area contributed by atoms with Gasteiger partial charge in [-0.1, -0.05) is 0 Å². The number of nitrogens with one attached hydrogen (secondary N) is 1. The molecule has 90 valence electrons. The van der Waals surface area contributed by atoms with Gasteiger partial charge in [0.2, 0.25) is 0 Å². The zero-order chi connectivity index (χ0) is 11.4.